The van der Waals surface area contributed by atoms with E-state index in [9.17, 15) is 0 Å². The molecule has 0 spiro atoms. The van der Waals surface area contributed by atoms with Crippen LogP contribution in [0.2, 0.25) is 0 Å². The van der Waals surface area contributed by atoms with Crippen LogP contribution in [0.3, 0.4) is 0 Å². The third-order valence-corrected chi connectivity index (χ3v) is 4.58. The Bertz CT molecular complexity index is 592. The first-order valence-corrected chi connectivity index (χ1v) is 7.34. The Hall–Kier alpha value is -1.14. The van der Waals surface area contributed by atoms with E-state index in [1.807, 2.05) is 10.7 Å². The highest BCUT2D eigenvalue weighted by Gasteiger charge is 2.33. The second-order valence-corrected chi connectivity index (χ2v) is 6.43. The molecule has 2 N–H and O–H groups in total. The van der Waals surface area contributed by atoms with E-state index in [-0.39, 0.29) is 5.54 Å². The Kier molecular flexibility index (Phi) is 3.22. The van der Waals surface area contributed by atoms with E-state index in [4.69, 9.17) is 0 Å². The first-order chi connectivity index (χ1) is 9.08. The molecule has 1 fully saturated rings. The van der Waals surface area contributed by atoms with Crippen LogP contribution in [-0.2, 0) is 0 Å². The maximum Gasteiger partial charge on any atom is 0.153 e. The van der Waals surface area contributed by atoms with Crippen molar-refractivity contribution >= 4 is 27.3 Å². The summed E-state index contributed by atoms with van der Waals surface area (Å²) < 4.78 is 2.80. The van der Waals surface area contributed by atoms with E-state index in [0.29, 0.717) is 5.92 Å². The van der Waals surface area contributed by atoms with Crippen molar-refractivity contribution in [3.63, 3.8) is 0 Å². The molecule has 0 saturated carbocycles. The molecule has 5 nitrogen and oxygen atoms in total. The molecule has 0 aliphatic carbocycles. The van der Waals surface area contributed by atoms with Gasteiger partial charge in [-0.1, -0.05) is 0 Å². The van der Waals surface area contributed by atoms with Crippen molar-refractivity contribution in [2.45, 2.75) is 25.8 Å². The quantitative estimate of drug-likeness (QED) is 0.910. The number of fused-ring (bicyclic) bond motifs is 1. The zero-order valence-corrected chi connectivity index (χ0v) is 12.7. The molecular formula is C13H18BrN5. The van der Waals surface area contributed by atoms with E-state index in [1.54, 1.807) is 12.4 Å². The van der Waals surface area contributed by atoms with Gasteiger partial charge in [0.1, 0.15) is 5.52 Å². The molecule has 0 amide bonds. The van der Waals surface area contributed by atoms with Crippen LogP contribution in [0.25, 0.3) is 5.52 Å². The van der Waals surface area contributed by atoms with Crippen molar-refractivity contribution in [1.29, 1.82) is 0 Å². The molecule has 1 atom stereocenters. The first kappa shape index (κ1) is 12.9. The highest BCUT2D eigenvalue weighted by Crippen LogP contribution is 2.28. The molecule has 1 aliphatic rings. The molecule has 6 heteroatoms. The average molecular weight is 324 g/mol. The number of hydrogen-bond donors (Lipinski definition) is 2. The van der Waals surface area contributed by atoms with Gasteiger partial charge in [0.25, 0.3) is 0 Å². The lowest BCUT2D eigenvalue weighted by Crippen LogP contribution is -2.40. The molecule has 1 aliphatic heterocycles. The van der Waals surface area contributed by atoms with Crippen LogP contribution in [0.15, 0.2) is 23.1 Å². The summed E-state index contributed by atoms with van der Waals surface area (Å²) in [5.74, 6) is 1.49. The molecule has 0 bridgehead atoms. The maximum atomic E-state index is 4.43. The molecule has 0 radical (unpaired) electrons. The molecule has 1 unspecified atom stereocenters. The summed E-state index contributed by atoms with van der Waals surface area (Å²) in [5.41, 5.74) is 1.18. The topological polar surface area (TPSA) is 54.2 Å². The predicted octanol–water partition coefficient (Wildman–Crippen LogP) is 2.29. The molecule has 3 heterocycles. The lowest BCUT2D eigenvalue weighted by atomic mass is 9.89. The van der Waals surface area contributed by atoms with Crippen LogP contribution in [0.1, 0.15) is 20.3 Å². The Morgan fingerprint density at radius 3 is 3.16 bits per heavy atom. The number of rotatable bonds is 3. The molecule has 2 aromatic heterocycles. The fourth-order valence-corrected chi connectivity index (χ4v) is 3.15. The average Bonchev–Trinajstić information content (AvgIpc) is 2.91. The summed E-state index contributed by atoms with van der Waals surface area (Å²) in [4.78, 5) is 4.43. The SMILES string of the molecule is CC1(C)NCCC1CNc1nccn2ncc(Br)c12. The zero-order chi connectivity index (χ0) is 13.5. The van der Waals surface area contributed by atoms with Gasteiger partial charge in [-0.3, -0.25) is 0 Å². The minimum atomic E-state index is 0.190. The van der Waals surface area contributed by atoms with Gasteiger partial charge in [0.05, 0.1) is 10.7 Å². The van der Waals surface area contributed by atoms with Gasteiger partial charge in [0.15, 0.2) is 5.82 Å². The Labute approximate surface area is 120 Å². The number of hydrogen-bond acceptors (Lipinski definition) is 4. The number of halogens is 1. The van der Waals surface area contributed by atoms with Crippen molar-refractivity contribution in [1.82, 2.24) is 19.9 Å². The van der Waals surface area contributed by atoms with Crippen LogP contribution in [0, 0.1) is 5.92 Å². The Morgan fingerprint density at radius 1 is 1.58 bits per heavy atom. The number of nitrogens with zero attached hydrogens (tertiary/aromatic N) is 3. The molecule has 19 heavy (non-hydrogen) atoms. The summed E-state index contributed by atoms with van der Waals surface area (Å²) in [6.07, 6.45) is 6.62. The Balaban J connectivity index is 1.80. The van der Waals surface area contributed by atoms with Crippen molar-refractivity contribution in [3.05, 3.63) is 23.1 Å². The normalized spacial score (nSPS) is 21.9. The number of anilines is 1. The molecule has 3 rings (SSSR count). The summed E-state index contributed by atoms with van der Waals surface area (Å²) >= 11 is 3.52. The summed E-state index contributed by atoms with van der Waals surface area (Å²) in [5, 5.41) is 11.3. The lowest BCUT2D eigenvalue weighted by Gasteiger charge is -2.27. The van der Waals surface area contributed by atoms with Gasteiger partial charge in [0, 0.05) is 24.5 Å². The minimum Gasteiger partial charge on any atom is -0.368 e. The van der Waals surface area contributed by atoms with Gasteiger partial charge in [-0.25, -0.2) is 9.50 Å². The highest BCUT2D eigenvalue weighted by atomic mass is 79.9. The fourth-order valence-electron chi connectivity index (χ4n) is 2.69. The third kappa shape index (κ3) is 2.34. The number of aromatic nitrogens is 3. The van der Waals surface area contributed by atoms with E-state index in [0.717, 1.165) is 28.9 Å². The van der Waals surface area contributed by atoms with E-state index in [2.05, 4.69) is 50.5 Å². The standard InChI is InChI=1S/C13H18BrN5/c1-13(2)9(3-4-17-13)7-16-12-11-10(14)8-18-19(11)6-5-15-12/h5-6,8-9,17H,3-4,7H2,1-2H3,(H,15,16). The Morgan fingerprint density at radius 2 is 2.42 bits per heavy atom. The molecular weight excluding hydrogens is 306 g/mol. The fraction of sp³-hybridized carbons (Fsp3) is 0.538. The highest BCUT2D eigenvalue weighted by molar-refractivity contribution is 9.10. The first-order valence-electron chi connectivity index (χ1n) is 6.55. The molecule has 0 aromatic carbocycles. The predicted molar refractivity (Wildman–Crippen MR) is 79.4 cm³/mol. The van der Waals surface area contributed by atoms with Crippen LogP contribution in [0.4, 0.5) is 5.82 Å². The van der Waals surface area contributed by atoms with E-state index >= 15 is 0 Å². The van der Waals surface area contributed by atoms with Crippen molar-refractivity contribution in [3.8, 4) is 0 Å². The van der Waals surface area contributed by atoms with Gasteiger partial charge in [-0.15, -0.1) is 0 Å². The summed E-state index contributed by atoms with van der Waals surface area (Å²) in [6.45, 7) is 6.53. The van der Waals surface area contributed by atoms with Gasteiger partial charge < -0.3 is 10.6 Å². The smallest absolute Gasteiger partial charge is 0.153 e. The molecule has 102 valence electrons. The van der Waals surface area contributed by atoms with Crippen LogP contribution in [0.5, 0.6) is 0 Å². The lowest BCUT2D eigenvalue weighted by molar-refractivity contribution is 0.348. The minimum absolute atomic E-state index is 0.190. The second-order valence-electron chi connectivity index (χ2n) is 5.58. The molecule has 1 saturated heterocycles. The van der Waals surface area contributed by atoms with E-state index < -0.39 is 0 Å². The summed E-state index contributed by atoms with van der Waals surface area (Å²) in [6, 6.07) is 0. The van der Waals surface area contributed by atoms with Gasteiger partial charge >= 0.3 is 0 Å². The molecule has 2 aromatic rings. The third-order valence-electron chi connectivity index (χ3n) is 4.00. The van der Waals surface area contributed by atoms with Crippen LogP contribution < -0.4 is 10.6 Å². The van der Waals surface area contributed by atoms with Crippen molar-refractivity contribution in [2.75, 3.05) is 18.4 Å². The van der Waals surface area contributed by atoms with Gasteiger partial charge in [-0.2, -0.15) is 5.10 Å². The van der Waals surface area contributed by atoms with E-state index in [1.165, 1.54) is 6.42 Å². The number of nitrogens with one attached hydrogen (secondary N) is 2. The van der Waals surface area contributed by atoms with Gasteiger partial charge in [-0.05, 0) is 48.7 Å². The largest absolute Gasteiger partial charge is 0.368 e. The van der Waals surface area contributed by atoms with Crippen LogP contribution >= 0.6 is 15.9 Å². The van der Waals surface area contributed by atoms with Crippen molar-refractivity contribution in [2.24, 2.45) is 5.92 Å². The van der Waals surface area contributed by atoms with Crippen molar-refractivity contribution < 1.29 is 0 Å². The van der Waals surface area contributed by atoms with Crippen LogP contribution in [-0.4, -0.2) is 33.2 Å². The summed E-state index contributed by atoms with van der Waals surface area (Å²) in [7, 11) is 0. The maximum absolute atomic E-state index is 4.43. The monoisotopic (exact) mass is 323 g/mol. The second kappa shape index (κ2) is 4.76. The zero-order valence-electron chi connectivity index (χ0n) is 11.2. The van der Waals surface area contributed by atoms with Gasteiger partial charge in [0.2, 0.25) is 0 Å².